The minimum absolute atomic E-state index is 0. The minimum atomic E-state index is 0. The lowest BCUT2D eigenvalue weighted by Gasteiger charge is -2.21. The van der Waals surface area contributed by atoms with Gasteiger partial charge in [0.2, 0.25) is 0 Å². The van der Waals surface area contributed by atoms with Gasteiger partial charge in [0.15, 0.2) is 5.96 Å². The fourth-order valence-electron chi connectivity index (χ4n) is 2.71. The summed E-state index contributed by atoms with van der Waals surface area (Å²) in [6.45, 7) is 12.4. The number of hydrogen-bond donors (Lipinski definition) is 2. The third kappa shape index (κ3) is 8.54. The van der Waals surface area contributed by atoms with Crippen LogP contribution in [-0.2, 0) is 14.9 Å². The Labute approximate surface area is 179 Å². The summed E-state index contributed by atoms with van der Waals surface area (Å²) in [5.74, 6) is 1.47. The highest BCUT2D eigenvalue weighted by atomic mass is 127. The van der Waals surface area contributed by atoms with E-state index in [1.54, 1.807) is 11.3 Å². The molecule has 2 N–H and O–H groups in total. The monoisotopic (exact) mass is 495 g/mol. The molecule has 2 heterocycles. The molecular weight excluding hydrogens is 461 g/mol. The molecule has 0 aromatic carbocycles. The van der Waals surface area contributed by atoms with Crippen molar-refractivity contribution in [1.29, 1.82) is 0 Å². The van der Waals surface area contributed by atoms with E-state index < -0.39 is 0 Å². The Kier molecular flexibility index (Phi) is 11.7. The van der Waals surface area contributed by atoms with E-state index >= 15 is 0 Å². The predicted molar refractivity (Wildman–Crippen MR) is 121 cm³/mol. The predicted octanol–water partition coefficient (Wildman–Crippen LogP) is 3.64. The molecule has 26 heavy (non-hydrogen) atoms. The Bertz CT molecular complexity index is 503. The maximum atomic E-state index is 5.74. The van der Waals surface area contributed by atoms with Crippen LogP contribution in [0.3, 0.4) is 0 Å². The first-order valence-corrected chi connectivity index (χ1v) is 10.2. The summed E-state index contributed by atoms with van der Waals surface area (Å²) < 4.78 is 11.1. The molecular formula is C19H34IN3O2S. The first-order valence-electron chi connectivity index (χ1n) is 9.33. The van der Waals surface area contributed by atoms with Crippen LogP contribution in [0.1, 0.15) is 38.5 Å². The lowest BCUT2D eigenvalue weighted by Crippen LogP contribution is -2.39. The Morgan fingerprint density at radius 1 is 1.42 bits per heavy atom. The van der Waals surface area contributed by atoms with Crippen LogP contribution in [0.5, 0.6) is 0 Å². The second-order valence-corrected chi connectivity index (χ2v) is 8.09. The highest BCUT2D eigenvalue weighted by Crippen LogP contribution is 2.27. The van der Waals surface area contributed by atoms with Gasteiger partial charge in [0.25, 0.3) is 0 Å². The largest absolute Gasteiger partial charge is 0.381 e. The number of nitrogens with zero attached hydrogens (tertiary/aromatic N) is 1. The summed E-state index contributed by atoms with van der Waals surface area (Å²) in [5, 5.41) is 8.85. The smallest absolute Gasteiger partial charge is 0.191 e. The number of nitrogens with one attached hydrogen (secondary N) is 2. The highest BCUT2D eigenvalue weighted by Gasteiger charge is 2.21. The summed E-state index contributed by atoms with van der Waals surface area (Å²) >= 11 is 1.80. The Balaban J connectivity index is 0.00000338. The third-order valence-electron chi connectivity index (χ3n) is 4.30. The normalized spacial score (nSPS) is 17.8. The number of halogens is 1. The first-order chi connectivity index (χ1) is 12.1. The van der Waals surface area contributed by atoms with Crippen LogP contribution in [0.2, 0.25) is 0 Å². The average Bonchev–Trinajstić information content (AvgIpc) is 3.29. The van der Waals surface area contributed by atoms with Crippen molar-refractivity contribution < 1.29 is 9.47 Å². The topological polar surface area (TPSA) is 54.9 Å². The van der Waals surface area contributed by atoms with E-state index in [4.69, 9.17) is 14.5 Å². The number of guanidine groups is 1. The van der Waals surface area contributed by atoms with Gasteiger partial charge in [-0.3, -0.25) is 4.99 Å². The van der Waals surface area contributed by atoms with Crippen molar-refractivity contribution in [3.63, 3.8) is 0 Å². The van der Waals surface area contributed by atoms with Crippen molar-refractivity contribution in [2.24, 2.45) is 10.9 Å². The van der Waals surface area contributed by atoms with Gasteiger partial charge in [0, 0.05) is 42.5 Å². The van der Waals surface area contributed by atoms with E-state index in [-0.39, 0.29) is 29.4 Å². The van der Waals surface area contributed by atoms with E-state index in [1.165, 1.54) is 4.88 Å². The summed E-state index contributed by atoms with van der Waals surface area (Å²) in [7, 11) is 0. The fraction of sp³-hybridized carbons (Fsp3) is 0.737. The van der Waals surface area contributed by atoms with Crippen LogP contribution < -0.4 is 10.6 Å². The fourth-order valence-corrected chi connectivity index (χ4v) is 3.55. The summed E-state index contributed by atoms with van der Waals surface area (Å²) in [6, 6.07) is 4.29. The van der Waals surface area contributed by atoms with Crippen LogP contribution in [0.4, 0.5) is 0 Å². The molecule has 1 aromatic rings. The summed E-state index contributed by atoms with van der Waals surface area (Å²) in [6.07, 6.45) is 2.11. The molecule has 1 saturated heterocycles. The molecule has 0 spiro atoms. The molecule has 1 aliphatic rings. The zero-order chi connectivity index (χ0) is 18.0. The van der Waals surface area contributed by atoms with Crippen molar-refractivity contribution >= 4 is 41.3 Å². The lowest BCUT2D eigenvalue weighted by atomic mass is 9.92. The van der Waals surface area contributed by atoms with Gasteiger partial charge in [-0.25, -0.2) is 0 Å². The maximum absolute atomic E-state index is 5.74. The summed E-state index contributed by atoms with van der Waals surface area (Å²) in [5.41, 5.74) is 0.0585. The second kappa shape index (κ2) is 12.9. The molecule has 2 rings (SSSR count). The van der Waals surface area contributed by atoms with Gasteiger partial charge in [-0.1, -0.05) is 19.9 Å². The molecule has 1 aromatic heterocycles. The average molecular weight is 495 g/mol. The van der Waals surface area contributed by atoms with Gasteiger partial charge in [-0.15, -0.1) is 35.3 Å². The van der Waals surface area contributed by atoms with E-state index in [0.29, 0.717) is 5.92 Å². The number of ether oxygens (including phenoxy) is 2. The van der Waals surface area contributed by atoms with Gasteiger partial charge < -0.3 is 20.1 Å². The Morgan fingerprint density at radius 2 is 2.27 bits per heavy atom. The zero-order valence-corrected chi connectivity index (χ0v) is 19.4. The SMILES string of the molecule is CCNC(=NCC(C)(C)c1cccs1)NCCCOCC1CCOC1.I. The van der Waals surface area contributed by atoms with Crippen LogP contribution in [0, 0.1) is 5.92 Å². The molecule has 0 bridgehead atoms. The van der Waals surface area contributed by atoms with E-state index in [1.807, 2.05) is 0 Å². The number of hydrogen-bond acceptors (Lipinski definition) is 4. The molecule has 7 heteroatoms. The zero-order valence-electron chi connectivity index (χ0n) is 16.3. The molecule has 0 aliphatic carbocycles. The van der Waals surface area contributed by atoms with E-state index in [2.05, 4.69) is 48.9 Å². The number of aliphatic imine (C=N–C) groups is 1. The molecule has 1 fully saturated rings. The third-order valence-corrected chi connectivity index (χ3v) is 5.54. The van der Waals surface area contributed by atoms with Crippen LogP contribution >= 0.6 is 35.3 Å². The first kappa shape index (κ1) is 23.7. The second-order valence-electron chi connectivity index (χ2n) is 7.14. The molecule has 1 aliphatic heterocycles. The quantitative estimate of drug-likeness (QED) is 0.225. The van der Waals surface area contributed by atoms with Crippen molar-refractivity contribution in [1.82, 2.24) is 10.6 Å². The van der Waals surface area contributed by atoms with Gasteiger partial charge in [0.1, 0.15) is 0 Å². The minimum Gasteiger partial charge on any atom is -0.381 e. The van der Waals surface area contributed by atoms with Crippen molar-refractivity contribution in [2.75, 3.05) is 46.1 Å². The Hall–Kier alpha value is -0.380. The van der Waals surface area contributed by atoms with Gasteiger partial charge in [-0.05, 0) is 31.2 Å². The number of thiophene rings is 1. The molecule has 1 unspecified atom stereocenters. The van der Waals surface area contributed by atoms with Gasteiger partial charge in [-0.2, -0.15) is 0 Å². The van der Waals surface area contributed by atoms with E-state index in [0.717, 1.165) is 64.9 Å². The van der Waals surface area contributed by atoms with Crippen molar-refractivity contribution in [3.8, 4) is 0 Å². The van der Waals surface area contributed by atoms with Crippen LogP contribution in [0.25, 0.3) is 0 Å². The van der Waals surface area contributed by atoms with Crippen LogP contribution in [-0.4, -0.2) is 52.0 Å². The van der Waals surface area contributed by atoms with Gasteiger partial charge in [0.05, 0.1) is 19.8 Å². The molecule has 0 amide bonds. The molecule has 0 radical (unpaired) electrons. The van der Waals surface area contributed by atoms with Gasteiger partial charge >= 0.3 is 0 Å². The maximum Gasteiger partial charge on any atom is 0.191 e. The highest BCUT2D eigenvalue weighted by molar-refractivity contribution is 14.0. The molecule has 150 valence electrons. The van der Waals surface area contributed by atoms with Crippen LogP contribution in [0.15, 0.2) is 22.5 Å². The standard InChI is InChI=1S/C19H33N3O2S.HI/c1-4-20-18(22-15-19(2,3)17-7-5-12-25-17)21-9-6-10-23-13-16-8-11-24-14-16;/h5,7,12,16H,4,6,8-11,13-15H2,1-3H3,(H2,20,21,22);1H. The van der Waals surface area contributed by atoms with E-state index in [9.17, 15) is 0 Å². The van der Waals surface area contributed by atoms with Crippen molar-refractivity contribution in [3.05, 3.63) is 22.4 Å². The van der Waals surface area contributed by atoms with Crippen molar-refractivity contribution in [2.45, 2.75) is 39.0 Å². The Morgan fingerprint density at radius 3 is 2.92 bits per heavy atom. The molecule has 1 atom stereocenters. The lowest BCUT2D eigenvalue weighted by molar-refractivity contribution is 0.0888. The molecule has 5 nitrogen and oxygen atoms in total. The molecule has 0 saturated carbocycles. The number of rotatable bonds is 10. The summed E-state index contributed by atoms with van der Waals surface area (Å²) in [4.78, 5) is 6.14.